The van der Waals surface area contributed by atoms with Crippen molar-refractivity contribution in [3.63, 3.8) is 0 Å². The number of imide groups is 1. The first kappa shape index (κ1) is 17.9. The third-order valence-electron chi connectivity index (χ3n) is 4.36. The van der Waals surface area contributed by atoms with E-state index in [1.807, 2.05) is 13.8 Å². The molecule has 0 spiro atoms. The van der Waals surface area contributed by atoms with Crippen LogP contribution in [0.4, 0.5) is 9.18 Å². The Hall–Kier alpha value is -2.44. The first-order valence-corrected chi connectivity index (χ1v) is 8.03. The van der Waals surface area contributed by atoms with Crippen LogP contribution in [-0.4, -0.2) is 35.3 Å². The highest BCUT2D eigenvalue weighted by Gasteiger charge is 2.51. The maximum Gasteiger partial charge on any atom is 0.325 e. The van der Waals surface area contributed by atoms with Gasteiger partial charge in [0.1, 0.15) is 17.9 Å². The average Bonchev–Trinajstić information content (AvgIpc) is 2.80. The molecule has 6 nitrogen and oxygen atoms in total. The van der Waals surface area contributed by atoms with Crippen LogP contribution < -0.4 is 10.6 Å². The molecule has 2 atom stereocenters. The number of benzene rings is 1. The summed E-state index contributed by atoms with van der Waals surface area (Å²) in [6.07, 6.45) is 1.05. The molecule has 1 heterocycles. The van der Waals surface area contributed by atoms with Gasteiger partial charge in [-0.15, -0.1) is 0 Å². The molecule has 1 fully saturated rings. The van der Waals surface area contributed by atoms with Crippen molar-refractivity contribution >= 4 is 17.8 Å². The molecule has 7 heteroatoms. The molecular weight excluding hydrogens is 313 g/mol. The molecule has 1 saturated heterocycles. The van der Waals surface area contributed by atoms with E-state index in [1.54, 1.807) is 6.92 Å². The van der Waals surface area contributed by atoms with Crippen LogP contribution in [0.2, 0.25) is 0 Å². The van der Waals surface area contributed by atoms with Crippen LogP contribution in [0.3, 0.4) is 0 Å². The van der Waals surface area contributed by atoms with Gasteiger partial charge >= 0.3 is 6.03 Å². The van der Waals surface area contributed by atoms with E-state index in [1.165, 1.54) is 24.3 Å². The Labute approximate surface area is 140 Å². The number of carbonyl (C=O) groups is 3. The van der Waals surface area contributed by atoms with Gasteiger partial charge in [0.15, 0.2) is 0 Å². The Kier molecular flexibility index (Phi) is 5.21. The lowest BCUT2D eigenvalue weighted by Gasteiger charge is -2.25. The van der Waals surface area contributed by atoms with Gasteiger partial charge in [-0.3, -0.25) is 14.5 Å². The Bertz CT molecular complexity index is 647. The zero-order valence-corrected chi connectivity index (χ0v) is 14.1. The average molecular weight is 335 g/mol. The van der Waals surface area contributed by atoms with Crippen LogP contribution in [0.5, 0.6) is 0 Å². The Balaban J connectivity index is 2.23. The van der Waals surface area contributed by atoms with E-state index in [2.05, 4.69) is 10.6 Å². The summed E-state index contributed by atoms with van der Waals surface area (Å²) in [5.41, 5.74) is -0.767. The van der Waals surface area contributed by atoms with Gasteiger partial charge in [-0.25, -0.2) is 9.18 Å². The molecule has 0 aliphatic carbocycles. The van der Waals surface area contributed by atoms with E-state index < -0.39 is 23.3 Å². The molecule has 0 radical (unpaired) electrons. The van der Waals surface area contributed by atoms with E-state index in [0.717, 1.165) is 11.3 Å². The highest BCUT2D eigenvalue weighted by Crippen LogP contribution is 2.32. The predicted molar refractivity (Wildman–Crippen MR) is 86.5 cm³/mol. The maximum atomic E-state index is 13.1. The van der Waals surface area contributed by atoms with Crippen molar-refractivity contribution in [3.8, 4) is 0 Å². The summed E-state index contributed by atoms with van der Waals surface area (Å²) in [6, 6.07) is 4.77. The fourth-order valence-electron chi connectivity index (χ4n) is 2.71. The Morgan fingerprint density at radius 2 is 1.92 bits per heavy atom. The molecule has 1 aromatic carbocycles. The van der Waals surface area contributed by atoms with Gasteiger partial charge in [-0.1, -0.05) is 26.0 Å². The van der Waals surface area contributed by atoms with Crippen molar-refractivity contribution in [3.05, 3.63) is 35.6 Å². The molecule has 130 valence electrons. The number of amides is 4. The standard InChI is InChI=1S/C17H22FN3O3/c1-4-11(3)19-14(22)10-21-15(23)17(5-2,20-16(21)24)12-6-8-13(18)9-7-12/h6-9,11H,4-5,10H2,1-3H3,(H,19,22)(H,20,24)/t11-,17-/m0/s1. The van der Waals surface area contributed by atoms with Gasteiger partial charge in [-0.05, 0) is 37.5 Å². The minimum Gasteiger partial charge on any atom is -0.352 e. The molecule has 24 heavy (non-hydrogen) atoms. The third-order valence-corrected chi connectivity index (χ3v) is 4.36. The third kappa shape index (κ3) is 3.25. The molecule has 0 aromatic heterocycles. The summed E-state index contributed by atoms with van der Waals surface area (Å²) in [7, 11) is 0. The van der Waals surface area contributed by atoms with Crippen molar-refractivity contribution in [1.29, 1.82) is 0 Å². The first-order chi connectivity index (χ1) is 11.3. The predicted octanol–water partition coefficient (Wildman–Crippen LogP) is 1.90. The minimum absolute atomic E-state index is 0.0358. The van der Waals surface area contributed by atoms with Crippen molar-refractivity contribution in [1.82, 2.24) is 15.5 Å². The van der Waals surface area contributed by atoms with E-state index in [-0.39, 0.29) is 18.5 Å². The van der Waals surface area contributed by atoms with Gasteiger partial charge in [0.25, 0.3) is 5.91 Å². The van der Waals surface area contributed by atoms with Crippen molar-refractivity contribution in [2.24, 2.45) is 0 Å². The van der Waals surface area contributed by atoms with Crippen LogP contribution in [-0.2, 0) is 15.1 Å². The largest absolute Gasteiger partial charge is 0.352 e. The van der Waals surface area contributed by atoms with E-state index in [4.69, 9.17) is 0 Å². The summed E-state index contributed by atoms with van der Waals surface area (Å²) in [4.78, 5) is 38.0. The molecule has 2 rings (SSSR count). The number of hydrogen-bond donors (Lipinski definition) is 2. The van der Waals surface area contributed by atoms with Crippen LogP contribution >= 0.6 is 0 Å². The van der Waals surface area contributed by atoms with Gasteiger partial charge < -0.3 is 10.6 Å². The smallest absolute Gasteiger partial charge is 0.325 e. The SMILES string of the molecule is CC[C@H](C)NC(=O)CN1C(=O)N[C@@](CC)(c2ccc(F)cc2)C1=O. The quantitative estimate of drug-likeness (QED) is 0.779. The van der Waals surface area contributed by atoms with Gasteiger partial charge in [-0.2, -0.15) is 0 Å². The van der Waals surface area contributed by atoms with Crippen molar-refractivity contribution in [2.45, 2.75) is 45.2 Å². The Morgan fingerprint density at radius 1 is 1.29 bits per heavy atom. The molecular formula is C17H22FN3O3. The van der Waals surface area contributed by atoms with Crippen LogP contribution in [0.1, 0.15) is 39.2 Å². The molecule has 1 aromatic rings. The van der Waals surface area contributed by atoms with Gasteiger partial charge in [0, 0.05) is 6.04 Å². The molecule has 0 unspecified atom stereocenters. The Morgan fingerprint density at radius 3 is 2.46 bits per heavy atom. The number of nitrogens with one attached hydrogen (secondary N) is 2. The highest BCUT2D eigenvalue weighted by molar-refractivity contribution is 6.09. The molecule has 1 aliphatic heterocycles. The van der Waals surface area contributed by atoms with E-state index in [0.29, 0.717) is 12.0 Å². The lowest BCUT2D eigenvalue weighted by Crippen LogP contribution is -2.45. The normalized spacial score (nSPS) is 21.6. The second-order valence-corrected chi connectivity index (χ2v) is 5.96. The monoisotopic (exact) mass is 335 g/mol. The molecule has 0 saturated carbocycles. The highest BCUT2D eigenvalue weighted by atomic mass is 19.1. The van der Waals surface area contributed by atoms with Crippen LogP contribution in [0.15, 0.2) is 24.3 Å². The summed E-state index contributed by atoms with van der Waals surface area (Å²) in [5, 5.41) is 5.39. The molecule has 1 aliphatic rings. The zero-order valence-electron chi connectivity index (χ0n) is 14.1. The molecule has 0 bridgehead atoms. The summed E-state index contributed by atoms with van der Waals surface area (Å²) in [6.45, 7) is 5.19. The first-order valence-electron chi connectivity index (χ1n) is 8.03. The number of carbonyl (C=O) groups excluding carboxylic acids is 3. The number of urea groups is 1. The lowest BCUT2D eigenvalue weighted by atomic mass is 9.87. The second-order valence-electron chi connectivity index (χ2n) is 5.96. The number of rotatable bonds is 6. The maximum absolute atomic E-state index is 13.1. The van der Waals surface area contributed by atoms with Gasteiger partial charge in [0.05, 0.1) is 0 Å². The van der Waals surface area contributed by atoms with Crippen molar-refractivity contribution in [2.75, 3.05) is 6.54 Å². The van der Waals surface area contributed by atoms with Crippen molar-refractivity contribution < 1.29 is 18.8 Å². The number of hydrogen-bond acceptors (Lipinski definition) is 3. The van der Waals surface area contributed by atoms with Crippen LogP contribution in [0, 0.1) is 5.82 Å². The summed E-state index contributed by atoms with van der Waals surface area (Å²) >= 11 is 0. The van der Waals surface area contributed by atoms with E-state index in [9.17, 15) is 18.8 Å². The fourth-order valence-corrected chi connectivity index (χ4v) is 2.71. The molecule has 4 amide bonds. The second kappa shape index (κ2) is 6.98. The lowest BCUT2D eigenvalue weighted by molar-refractivity contribution is -0.135. The number of halogens is 1. The van der Waals surface area contributed by atoms with Crippen LogP contribution in [0.25, 0.3) is 0 Å². The summed E-state index contributed by atoms with van der Waals surface area (Å²) < 4.78 is 13.1. The molecule has 2 N–H and O–H groups in total. The topological polar surface area (TPSA) is 78.5 Å². The number of nitrogens with zero attached hydrogens (tertiary/aromatic N) is 1. The van der Waals surface area contributed by atoms with E-state index >= 15 is 0 Å². The fraction of sp³-hybridized carbons (Fsp3) is 0.471. The minimum atomic E-state index is -1.26. The van der Waals surface area contributed by atoms with Gasteiger partial charge in [0.2, 0.25) is 5.91 Å². The summed E-state index contributed by atoms with van der Waals surface area (Å²) in [5.74, 6) is -1.31. The zero-order chi connectivity index (χ0) is 17.9.